The summed E-state index contributed by atoms with van der Waals surface area (Å²) in [6.45, 7) is 1.79. The van der Waals surface area contributed by atoms with Gasteiger partial charge in [0.2, 0.25) is 18.3 Å². The largest absolute Gasteiger partial charge is 0.350 e. The standard InChI is InChI=1S/C23H20N6O3/c1-14-7-8-25-22(32)21(14)15-5-6-19-16(9-15)11-26-23(29-19)28-18-4-2-3-17(10-18)27-20(31)12-24-13-30/h2-11,13H,12H2,1H3,(H,24,30)(H,25,32)(H,27,31)(H,26,28,29). The summed E-state index contributed by atoms with van der Waals surface area (Å²) in [5.74, 6) is 0.0598. The molecule has 0 spiro atoms. The van der Waals surface area contributed by atoms with Gasteiger partial charge in [0.05, 0.1) is 12.1 Å². The fourth-order valence-corrected chi connectivity index (χ4v) is 3.33. The summed E-state index contributed by atoms with van der Waals surface area (Å²) >= 11 is 0. The zero-order valence-electron chi connectivity index (χ0n) is 17.2. The summed E-state index contributed by atoms with van der Waals surface area (Å²) in [5.41, 5.74) is 4.15. The summed E-state index contributed by atoms with van der Waals surface area (Å²) in [6.07, 6.45) is 3.79. The summed E-state index contributed by atoms with van der Waals surface area (Å²) < 4.78 is 0. The van der Waals surface area contributed by atoms with Gasteiger partial charge in [-0.05, 0) is 54.4 Å². The molecule has 9 nitrogen and oxygen atoms in total. The van der Waals surface area contributed by atoms with Crippen LogP contribution in [-0.2, 0) is 9.59 Å². The molecule has 4 rings (SSSR count). The molecular formula is C23H20N6O3. The van der Waals surface area contributed by atoms with Crippen LogP contribution in [0.2, 0.25) is 0 Å². The Morgan fingerprint density at radius 3 is 2.78 bits per heavy atom. The zero-order chi connectivity index (χ0) is 22.5. The highest BCUT2D eigenvalue weighted by atomic mass is 16.2. The lowest BCUT2D eigenvalue weighted by Gasteiger charge is -2.10. The smallest absolute Gasteiger partial charge is 0.256 e. The van der Waals surface area contributed by atoms with E-state index in [0.717, 1.165) is 22.0 Å². The fourth-order valence-electron chi connectivity index (χ4n) is 3.33. The van der Waals surface area contributed by atoms with E-state index in [1.165, 1.54) is 0 Å². The normalized spacial score (nSPS) is 10.5. The Morgan fingerprint density at radius 1 is 1.12 bits per heavy atom. The maximum atomic E-state index is 12.2. The molecule has 0 saturated carbocycles. The third kappa shape index (κ3) is 4.62. The van der Waals surface area contributed by atoms with Crippen molar-refractivity contribution in [3.05, 3.63) is 76.8 Å². The van der Waals surface area contributed by atoms with Crippen molar-refractivity contribution in [1.82, 2.24) is 20.3 Å². The van der Waals surface area contributed by atoms with Crippen LogP contribution in [0.4, 0.5) is 17.3 Å². The SMILES string of the molecule is Cc1cc[nH]c(=O)c1-c1ccc2nc(Nc3cccc(NC(=O)CNC=O)c3)ncc2c1. The number of fused-ring (bicyclic) bond motifs is 1. The lowest BCUT2D eigenvalue weighted by Crippen LogP contribution is -2.26. The highest BCUT2D eigenvalue weighted by Crippen LogP contribution is 2.25. The monoisotopic (exact) mass is 428 g/mol. The van der Waals surface area contributed by atoms with E-state index >= 15 is 0 Å². The first-order valence-corrected chi connectivity index (χ1v) is 9.83. The molecule has 2 heterocycles. The summed E-state index contributed by atoms with van der Waals surface area (Å²) in [6, 6.07) is 14.5. The van der Waals surface area contributed by atoms with E-state index in [-0.39, 0.29) is 18.0 Å². The van der Waals surface area contributed by atoms with Gasteiger partial charge in [-0.25, -0.2) is 9.97 Å². The Balaban J connectivity index is 1.55. The average Bonchev–Trinajstić information content (AvgIpc) is 2.78. The van der Waals surface area contributed by atoms with Crippen LogP contribution in [0.3, 0.4) is 0 Å². The highest BCUT2D eigenvalue weighted by molar-refractivity contribution is 5.93. The van der Waals surface area contributed by atoms with Crippen LogP contribution in [0, 0.1) is 6.92 Å². The Morgan fingerprint density at radius 2 is 1.97 bits per heavy atom. The quantitative estimate of drug-likeness (QED) is 0.335. The number of pyridine rings is 1. The van der Waals surface area contributed by atoms with Crippen molar-refractivity contribution in [2.45, 2.75) is 6.92 Å². The van der Waals surface area contributed by atoms with Gasteiger partial charge >= 0.3 is 0 Å². The summed E-state index contributed by atoms with van der Waals surface area (Å²) in [4.78, 5) is 45.9. The van der Waals surface area contributed by atoms with Gasteiger partial charge in [0.25, 0.3) is 5.56 Å². The molecule has 0 atom stereocenters. The number of aromatic amines is 1. The number of hydrogen-bond acceptors (Lipinski definition) is 6. The predicted octanol–water partition coefficient (Wildman–Crippen LogP) is 2.72. The van der Waals surface area contributed by atoms with E-state index in [1.54, 1.807) is 30.6 Å². The molecule has 160 valence electrons. The second-order valence-electron chi connectivity index (χ2n) is 7.08. The number of carbonyl (C=O) groups excluding carboxylic acids is 2. The first kappa shape index (κ1) is 20.7. The van der Waals surface area contributed by atoms with E-state index in [1.807, 2.05) is 37.3 Å². The number of amides is 2. The summed E-state index contributed by atoms with van der Waals surface area (Å²) in [5, 5.41) is 8.93. The van der Waals surface area contributed by atoms with Crippen LogP contribution in [-0.4, -0.2) is 33.8 Å². The molecule has 0 saturated heterocycles. The van der Waals surface area contributed by atoms with Gasteiger partial charge in [-0.1, -0.05) is 12.1 Å². The number of aromatic nitrogens is 3. The average molecular weight is 428 g/mol. The van der Waals surface area contributed by atoms with Gasteiger partial charge in [-0.15, -0.1) is 0 Å². The van der Waals surface area contributed by atoms with Crippen LogP contribution < -0.4 is 21.5 Å². The molecule has 2 amide bonds. The van der Waals surface area contributed by atoms with Crippen molar-refractivity contribution < 1.29 is 9.59 Å². The third-order valence-electron chi connectivity index (χ3n) is 4.79. The minimum atomic E-state index is -0.334. The van der Waals surface area contributed by atoms with Crippen molar-refractivity contribution >= 4 is 40.5 Å². The highest BCUT2D eigenvalue weighted by Gasteiger charge is 2.09. The summed E-state index contributed by atoms with van der Waals surface area (Å²) in [7, 11) is 0. The maximum Gasteiger partial charge on any atom is 0.256 e. The van der Waals surface area contributed by atoms with Crippen LogP contribution in [0.5, 0.6) is 0 Å². The number of nitrogens with zero attached hydrogens (tertiary/aromatic N) is 2. The van der Waals surface area contributed by atoms with Gasteiger partial charge < -0.3 is 20.9 Å². The van der Waals surface area contributed by atoms with E-state index in [4.69, 9.17) is 0 Å². The first-order chi connectivity index (χ1) is 15.5. The van der Waals surface area contributed by atoms with Crippen molar-refractivity contribution in [1.29, 1.82) is 0 Å². The van der Waals surface area contributed by atoms with Gasteiger partial charge in [-0.2, -0.15) is 0 Å². The lowest BCUT2D eigenvalue weighted by molar-refractivity contribution is -0.118. The zero-order valence-corrected chi connectivity index (χ0v) is 17.2. The fraction of sp³-hybridized carbons (Fsp3) is 0.0870. The topological polar surface area (TPSA) is 129 Å². The number of anilines is 3. The number of rotatable bonds is 7. The second kappa shape index (κ2) is 9.09. The molecule has 0 aliphatic carbocycles. The second-order valence-corrected chi connectivity index (χ2v) is 7.08. The molecule has 0 radical (unpaired) electrons. The van der Waals surface area contributed by atoms with Crippen molar-refractivity contribution in [2.24, 2.45) is 0 Å². The Kier molecular flexibility index (Phi) is 5.89. The van der Waals surface area contributed by atoms with Gasteiger partial charge in [0.1, 0.15) is 0 Å². The van der Waals surface area contributed by atoms with E-state index in [9.17, 15) is 14.4 Å². The Hall–Kier alpha value is -4.53. The van der Waals surface area contributed by atoms with Gasteiger partial charge in [0.15, 0.2) is 0 Å². The molecule has 0 fully saturated rings. The van der Waals surface area contributed by atoms with Gasteiger partial charge in [0, 0.05) is 34.7 Å². The molecule has 0 aliphatic heterocycles. The van der Waals surface area contributed by atoms with Crippen LogP contribution in [0.15, 0.2) is 65.7 Å². The molecule has 4 N–H and O–H groups in total. The van der Waals surface area contributed by atoms with E-state index in [2.05, 4.69) is 30.9 Å². The minimum Gasteiger partial charge on any atom is -0.350 e. The van der Waals surface area contributed by atoms with Crippen molar-refractivity contribution in [2.75, 3.05) is 17.2 Å². The van der Waals surface area contributed by atoms with Crippen LogP contribution in [0.25, 0.3) is 22.0 Å². The Bertz CT molecular complexity index is 1370. The molecule has 2 aromatic carbocycles. The van der Waals surface area contributed by atoms with E-state index < -0.39 is 0 Å². The molecule has 0 aliphatic rings. The number of H-pyrrole nitrogens is 1. The number of hydrogen-bond donors (Lipinski definition) is 4. The van der Waals surface area contributed by atoms with E-state index in [0.29, 0.717) is 29.3 Å². The minimum absolute atomic E-state index is 0.106. The predicted molar refractivity (Wildman–Crippen MR) is 123 cm³/mol. The number of benzene rings is 2. The van der Waals surface area contributed by atoms with Crippen LogP contribution in [0.1, 0.15) is 5.56 Å². The molecule has 2 aromatic heterocycles. The molecule has 9 heteroatoms. The molecular weight excluding hydrogens is 408 g/mol. The van der Waals surface area contributed by atoms with Gasteiger partial charge in [-0.3, -0.25) is 14.4 Å². The number of nitrogens with one attached hydrogen (secondary N) is 4. The molecule has 0 unspecified atom stereocenters. The molecule has 0 bridgehead atoms. The number of carbonyl (C=O) groups is 2. The molecule has 32 heavy (non-hydrogen) atoms. The van der Waals surface area contributed by atoms with Crippen molar-refractivity contribution in [3.8, 4) is 11.1 Å². The first-order valence-electron chi connectivity index (χ1n) is 9.83. The molecule has 4 aromatic rings. The maximum absolute atomic E-state index is 12.2. The third-order valence-corrected chi connectivity index (χ3v) is 4.79. The number of aryl methyl sites for hydroxylation is 1. The lowest BCUT2D eigenvalue weighted by atomic mass is 10.0. The van der Waals surface area contributed by atoms with Crippen LogP contribution >= 0.6 is 0 Å². The van der Waals surface area contributed by atoms with Crippen molar-refractivity contribution in [3.63, 3.8) is 0 Å². The Labute approximate surface area is 182 Å².